The van der Waals surface area contributed by atoms with Crippen molar-refractivity contribution < 1.29 is 23.1 Å². The first kappa shape index (κ1) is 26.1. The first-order chi connectivity index (χ1) is 16.3. The molecular formula is C25H30F3N3O2S. The fourth-order valence-corrected chi connectivity index (χ4v) is 4.81. The van der Waals surface area contributed by atoms with Crippen LogP contribution in [0.3, 0.4) is 0 Å². The van der Waals surface area contributed by atoms with Crippen LogP contribution in [0.2, 0.25) is 0 Å². The molecule has 0 amide bonds. The van der Waals surface area contributed by atoms with Gasteiger partial charge in [0.05, 0.1) is 5.56 Å². The largest absolute Gasteiger partial charge is 0.478 e. The first-order valence-corrected chi connectivity index (χ1v) is 12.3. The van der Waals surface area contributed by atoms with E-state index >= 15 is 0 Å². The monoisotopic (exact) mass is 493 g/mol. The maximum absolute atomic E-state index is 12.7. The van der Waals surface area contributed by atoms with Gasteiger partial charge in [0, 0.05) is 48.1 Å². The molecule has 0 radical (unpaired) electrons. The first-order valence-electron chi connectivity index (χ1n) is 11.3. The van der Waals surface area contributed by atoms with Crippen molar-refractivity contribution in [2.75, 3.05) is 49.9 Å². The zero-order chi connectivity index (χ0) is 24.6. The normalized spacial score (nSPS) is 16.2. The molecule has 4 rings (SSSR count). The van der Waals surface area contributed by atoms with Crippen molar-refractivity contribution in [1.82, 2.24) is 4.90 Å². The minimum absolute atomic E-state index is 0.476. The highest BCUT2D eigenvalue weighted by atomic mass is 32.2. The summed E-state index contributed by atoms with van der Waals surface area (Å²) in [7, 11) is 0. The molecule has 184 valence electrons. The molecule has 5 nitrogen and oxygen atoms in total. The van der Waals surface area contributed by atoms with Crippen LogP contribution < -0.4 is 10.6 Å². The molecule has 3 N–H and O–H groups in total. The van der Waals surface area contributed by atoms with Crippen LogP contribution in [-0.2, 0) is 11.0 Å². The van der Waals surface area contributed by atoms with Crippen LogP contribution in [-0.4, -0.2) is 61.0 Å². The van der Waals surface area contributed by atoms with E-state index in [1.54, 1.807) is 23.9 Å². The Labute approximate surface area is 202 Å². The summed E-state index contributed by atoms with van der Waals surface area (Å²) in [4.78, 5) is 16.2. The van der Waals surface area contributed by atoms with E-state index in [1.165, 1.54) is 12.1 Å². The van der Waals surface area contributed by atoms with Crippen LogP contribution in [0, 0.1) is 0 Å². The third-order valence-electron chi connectivity index (χ3n) is 5.75. The lowest BCUT2D eigenvalue weighted by molar-refractivity contribution is -0.137. The Morgan fingerprint density at radius 1 is 1.03 bits per heavy atom. The van der Waals surface area contributed by atoms with E-state index in [1.807, 2.05) is 29.2 Å². The second kappa shape index (κ2) is 12.3. The van der Waals surface area contributed by atoms with Gasteiger partial charge in [-0.15, -0.1) is 11.8 Å². The molecule has 0 spiro atoms. The number of thioether (sulfide) groups is 1. The number of rotatable bonds is 6. The zero-order valence-electron chi connectivity index (χ0n) is 18.9. The summed E-state index contributed by atoms with van der Waals surface area (Å²) in [6.45, 7) is 5.05. The second-order valence-corrected chi connectivity index (χ2v) is 9.19. The predicted octanol–water partition coefficient (Wildman–Crippen LogP) is 4.83. The molecule has 0 atom stereocenters. The van der Waals surface area contributed by atoms with Gasteiger partial charge >= 0.3 is 12.1 Å². The Hall–Kier alpha value is -2.49. The van der Waals surface area contributed by atoms with Gasteiger partial charge in [0.25, 0.3) is 0 Å². The van der Waals surface area contributed by atoms with E-state index in [-0.39, 0.29) is 0 Å². The van der Waals surface area contributed by atoms with E-state index in [2.05, 4.69) is 4.90 Å². The Kier molecular flexibility index (Phi) is 9.44. The SMILES string of the molecule is NCCCCN1CCN(c2cccc(C(F)(F)F)c2)CC1.O=C(O)C1=Cc2ccccc2SC1. The Bertz CT molecular complexity index is 989. The summed E-state index contributed by atoms with van der Waals surface area (Å²) < 4.78 is 38.2. The summed E-state index contributed by atoms with van der Waals surface area (Å²) in [5, 5.41) is 8.78. The number of hydrogen-bond acceptors (Lipinski definition) is 5. The lowest BCUT2D eigenvalue weighted by Gasteiger charge is -2.36. The van der Waals surface area contributed by atoms with E-state index in [4.69, 9.17) is 10.8 Å². The molecule has 0 saturated carbocycles. The number of alkyl halides is 3. The molecule has 34 heavy (non-hydrogen) atoms. The van der Waals surface area contributed by atoms with Gasteiger partial charge in [0.1, 0.15) is 0 Å². The lowest BCUT2D eigenvalue weighted by Crippen LogP contribution is -2.46. The summed E-state index contributed by atoms with van der Waals surface area (Å²) in [5.74, 6) is -0.256. The highest BCUT2D eigenvalue weighted by Crippen LogP contribution is 2.32. The molecule has 9 heteroatoms. The minimum atomic E-state index is -4.28. The van der Waals surface area contributed by atoms with Crippen molar-refractivity contribution in [3.63, 3.8) is 0 Å². The van der Waals surface area contributed by atoms with Crippen LogP contribution in [0.4, 0.5) is 18.9 Å². The third-order valence-corrected chi connectivity index (χ3v) is 6.88. The lowest BCUT2D eigenvalue weighted by atomic mass is 10.1. The average molecular weight is 494 g/mol. The number of fused-ring (bicyclic) bond motifs is 1. The van der Waals surface area contributed by atoms with Gasteiger partial charge < -0.3 is 15.7 Å². The number of aliphatic carboxylic acids is 1. The highest BCUT2D eigenvalue weighted by Gasteiger charge is 2.31. The van der Waals surface area contributed by atoms with Crippen molar-refractivity contribution in [2.24, 2.45) is 5.73 Å². The summed E-state index contributed by atoms with van der Waals surface area (Å²) in [5.41, 5.74) is 7.04. The van der Waals surface area contributed by atoms with E-state index in [0.29, 0.717) is 23.6 Å². The van der Waals surface area contributed by atoms with Crippen LogP contribution in [0.25, 0.3) is 6.08 Å². The van der Waals surface area contributed by atoms with Crippen molar-refractivity contribution in [2.45, 2.75) is 23.9 Å². The van der Waals surface area contributed by atoms with Gasteiger partial charge in [-0.2, -0.15) is 13.2 Å². The van der Waals surface area contributed by atoms with Crippen LogP contribution in [0.5, 0.6) is 0 Å². The third kappa shape index (κ3) is 7.51. The topological polar surface area (TPSA) is 69.8 Å². The number of carboxylic acid groups (broad SMARTS) is 1. The maximum atomic E-state index is 12.7. The predicted molar refractivity (Wildman–Crippen MR) is 131 cm³/mol. The number of hydrogen-bond donors (Lipinski definition) is 2. The van der Waals surface area contributed by atoms with E-state index in [0.717, 1.165) is 62.1 Å². The van der Waals surface area contributed by atoms with Gasteiger partial charge in [0.2, 0.25) is 0 Å². The summed E-state index contributed by atoms with van der Waals surface area (Å²) in [6, 6.07) is 13.4. The Balaban J connectivity index is 0.000000212. The van der Waals surface area contributed by atoms with Gasteiger partial charge in [-0.1, -0.05) is 24.3 Å². The number of halogens is 3. The molecule has 0 bridgehead atoms. The molecular weight excluding hydrogens is 463 g/mol. The summed E-state index contributed by atoms with van der Waals surface area (Å²) in [6.07, 6.45) is -0.428. The highest BCUT2D eigenvalue weighted by molar-refractivity contribution is 7.99. The van der Waals surface area contributed by atoms with E-state index in [9.17, 15) is 18.0 Å². The number of carboxylic acids is 1. The molecule has 1 fully saturated rings. The number of carbonyl (C=O) groups is 1. The van der Waals surface area contributed by atoms with Crippen molar-refractivity contribution in [3.05, 3.63) is 65.2 Å². The molecule has 2 heterocycles. The Morgan fingerprint density at radius 2 is 1.76 bits per heavy atom. The Morgan fingerprint density at radius 3 is 2.44 bits per heavy atom. The zero-order valence-corrected chi connectivity index (χ0v) is 19.7. The van der Waals surface area contributed by atoms with Gasteiger partial charge in [-0.05, 0) is 61.8 Å². The van der Waals surface area contributed by atoms with Gasteiger partial charge in [-0.25, -0.2) is 4.79 Å². The molecule has 2 aromatic carbocycles. The number of nitrogens with zero attached hydrogens (tertiary/aromatic N) is 2. The van der Waals surface area contributed by atoms with Gasteiger partial charge in [-0.3, -0.25) is 4.90 Å². The minimum Gasteiger partial charge on any atom is -0.478 e. The number of anilines is 1. The van der Waals surface area contributed by atoms with Crippen molar-refractivity contribution >= 4 is 29.5 Å². The fraction of sp³-hybridized carbons (Fsp3) is 0.400. The van der Waals surface area contributed by atoms with Crippen LogP contribution in [0.15, 0.2) is 59.0 Å². The molecule has 1 saturated heterocycles. The van der Waals surface area contributed by atoms with E-state index < -0.39 is 17.7 Å². The van der Waals surface area contributed by atoms with Crippen molar-refractivity contribution in [1.29, 1.82) is 0 Å². The second-order valence-electron chi connectivity index (χ2n) is 8.17. The average Bonchev–Trinajstić information content (AvgIpc) is 2.84. The quantitative estimate of drug-likeness (QED) is 0.562. The van der Waals surface area contributed by atoms with Gasteiger partial charge in [0.15, 0.2) is 0 Å². The molecule has 0 aromatic heterocycles. The number of benzene rings is 2. The number of nitrogens with two attached hydrogens (primary N) is 1. The molecule has 2 aliphatic rings. The van der Waals surface area contributed by atoms with Crippen LogP contribution >= 0.6 is 11.8 Å². The fourth-order valence-electron chi connectivity index (χ4n) is 3.83. The molecule has 0 aliphatic carbocycles. The number of unbranched alkanes of at least 4 members (excludes halogenated alkanes) is 1. The number of piperazine rings is 1. The smallest absolute Gasteiger partial charge is 0.416 e. The van der Waals surface area contributed by atoms with Crippen LogP contribution in [0.1, 0.15) is 24.0 Å². The van der Waals surface area contributed by atoms with Crippen molar-refractivity contribution in [3.8, 4) is 0 Å². The molecule has 2 aliphatic heterocycles. The standard InChI is InChI=1S/C15H22F3N3.C10H8O2S/c16-15(17,18)13-4-3-5-14(12-13)21-10-8-20(9-11-21)7-2-1-6-19;11-10(12)8-5-7-3-1-2-4-9(7)13-6-8/h3-5,12H,1-2,6-11,19H2;1-5H,6H2,(H,11,12). The molecule has 0 unspecified atom stereocenters. The summed E-state index contributed by atoms with van der Waals surface area (Å²) >= 11 is 1.58. The molecule has 2 aromatic rings. The maximum Gasteiger partial charge on any atom is 0.416 e.